The molecule has 180 valence electrons. The summed E-state index contributed by atoms with van der Waals surface area (Å²) in [6, 6.07) is 19.5. The van der Waals surface area contributed by atoms with Gasteiger partial charge in [-0.2, -0.15) is 0 Å². The highest BCUT2D eigenvalue weighted by Crippen LogP contribution is 2.27. The van der Waals surface area contributed by atoms with E-state index in [9.17, 15) is 13.2 Å². The second kappa shape index (κ2) is 11.3. The number of halogens is 1. The highest BCUT2D eigenvalue weighted by atomic mass is 35.5. The Balaban J connectivity index is 1.75. The Kier molecular flexibility index (Phi) is 8.41. The molecule has 3 aromatic rings. The predicted octanol–water partition coefficient (Wildman–Crippen LogP) is 4.44. The van der Waals surface area contributed by atoms with Crippen molar-refractivity contribution in [1.29, 1.82) is 0 Å². The molecule has 0 radical (unpaired) electrons. The van der Waals surface area contributed by atoms with Crippen LogP contribution in [0.25, 0.3) is 0 Å². The van der Waals surface area contributed by atoms with Crippen molar-refractivity contribution in [3.63, 3.8) is 0 Å². The quantitative estimate of drug-likeness (QED) is 0.443. The molecule has 7 nitrogen and oxygen atoms in total. The third-order valence-corrected chi connectivity index (χ3v) is 6.98. The molecule has 0 fully saturated rings. The Labute approximate surface area is 205 Å². The largest absolute Gasteiger partial charge is 0.497 e. The average Bonchev–Trinajstić information content (AvgIpc) is 2.82. The highest BCUT2D eigenvalue weighted by Gasteiger charge is 2.28. The lowest BCUT2D eigenvalue weighted by molar-refractivity contribution is -0.120. The summed E-state index contributed by atoms with van der Waals surface area (Å²) >= 11 is 6.10. The molecular formula is C25H27ClN2O5S. The summed E-state index contributed by atoms with van der Waals surface area (Å²) in [6.45, 7) is 3.58. The van der Waals surface area contributed by atoms with Crippen LogP contribution < -0.4 is 19.1 Å². The van der Waals surface area contributed by atoms with Crippen LogP contribution in [-0.2, 0) is 14.8 Å². The van der Waals surface area contributed by atoms with Crippen LogP contribution in [0.15, 0.2) is 77.7 Å². The SMILES string of the molecule is COc1ccc(S(=O)(=O)N(CC(=O)NC(C)COc2ccc(C)cc2)c2cccc(Cl)c2)cc1. The smallest absolute Gasteiger partial charge is 0.264 e. The van der Waals surface area contributed by atoms with Crippen LogP contribution in [0, 0.1) is 6.92 Å². The lowest BCUT2D eigenvalue weighted by Gasteiger charge is -2.25. The van der Waals surface area contributed by atoms with E-state index >= 15 is 0 Å². The van der Waals surface area contributed by atoms with Crippen molar-refractivity contribution >= 4 is 33.2 Å². The minimum atomic E-state index is -4.06. The van der Waals surface area contributed by atoms with Crippen molar-refractivity contribution in [2.75, 3.05) is 24.6 Å². The van der Waals surface area contributed by atoms with Crippen LogP contribution >= 0.6 is 11.6 Å². The van der Waals surface area contributed by atoms with E-state index in [0.717, 1.165) is 9.87 Å². The number of aryl methyl sites for hydroxylation is 1. The van der Waals surface area contributed by atoms with Gasteiger partial charge in [-0.3, -0.25) is 9.10 Å². The number of nitrogens with zero attached hydrogens (tertiary/aromatic N) is 1. The molecule has 3 rings (SSSR count). The minimum Gasteiger partial charge on any atom is -0.497 e. The molecule has 0 aromatic heterocycles. The summed E-state index contributed by atoms with van der Waals surface area (Å²) in [4.78, 5) is 12.9. The van der Waals surface area contributed by atoms with Gasteiger partial charge in [-0.1, -0.05) is 35.4 Å². The fourth-order valence-electron chi connectivity index (χ4n) is 3.17. The number of carbonyl (C=O) groups is 1. The number of rotatable bonds is 10. The normalized spacial score (nSPS) is 12.0. The van der Waals surface area contributed by atoms with Gasteiger partial charge in [-0.25, -0.2) is 8.42 Å². The summed E-state index contributed by atoms with van der Waals surface area (Å²) < 4.78 is 38.7. The number of hydrogen-bond acceptors (Lipinski definition) is 5. The fourth-order valence-corrected chi connectivity index (χ4v) is 4.77. The second-order valence-electron chi connectivity index (χ2n) is 7.76. The first-order chi connectivity index (χ1) is 16.2. The number of anilines is 1. The molecule has 1 N–H and O–H groups in total. The molecule has 9 heteroatoms. The Hall–Kier alpha value is -3.23. The predicted molar refractivity (Wildman–Crippen MR) is 133 cm³/mol. The molecule has 0 aliphatic carbocycles. The zero-order chi connectivity index (χ0) is 24.7. The lowest BCUT2D eigenvalue weighted by atomic mass is 10.2. The van der Waals surface area contributed by atoms with E-state index in [-0.39, 0.29) is 23.2 Å². The van der Waals surface area contributed by atoms with Gasteiger partial charge in [0.15, 0.2) is 0 Å². The van der Waals surface area contributed by atoms with Gasteiger partial charge in [0.1, 0.15) is 24.7 Å². The maximum Gasteiger partial charge on any atom is 0.264 e. The second-order valence-corrected chi connectivity index (χ2v) is 10.1. The van der Waals surface area contributed by atoms with Crippen LogP contribution in [0.2, 0.25) is 5.02 Å². The molecule has 34 heavy (non-hydrogen) atoms. The topological polar surface area (TPSA) is 84.9 Å². The van der Waals surface area contributed by atoms with Crippen molar-refractivity contribution in [3.05, 3.63) is 83.4 Å². The van der Waals surface area contributed by atoms with Crippen molar-refractivity contribution in [2.24, 2.45) is 0 Å². The van der Waals surface area contributed by atoms with Gasteiger partial charge in [0.25, 0.3) is 10.0 Å². The lowest BCUT2D eigenvalue weighted by Crippen LogP contribution is -2.45. The summed E-state index contributed by atoms with van der Waals surface area (Å²) in [5.41, 5.74) is 1.40. The molecule has 1 amide bonds. The molecular weight excluding hydrogens is 476 g/mol. The number of hydrogen-bond donors (Lipinski definition) is 1. The third kappa shape index (κ3) is 6.65. The van der Waals surface area contributed by atoms with Crippen molar-refractivity contribution < 1.29 is 22.7 Å². The standard InChI is InChI=1S/C25H27ClN2O5S/c1-18-7-9-23(10-8-18)33-17-19(2)27-25(29)16-28(21-6-4-5-20(26)15-21)34(30,31)24-13-11-22(32-3)12-14-24/h4-15,19H,16-17H2,1-3H3,(H,27,29). The molecule has 0 heterocycles. The average molecular weight is 503 g/mol. The fraction of sp³-hybridized carbons (Fsp3) is 0.240. The van der Waals surface area contributed by atoms with Crippen molar-refractivity contribution in [3.8, 4) is 11.5 Å². The van der Waals surface area contributed by atoms with Crippen LogP contribution in [0.3, 0.4) is 0 Å². The molecule has 0 bridgehead atoms. The number of amides is 1. The Morgan fingerprint density at radius 3 is 2.29 bits per heavy atom. The van der Waals surface area contributed by atoms with Crippen LogP contribution in [0.4, 0.5) is 5.69 Å². The first kappa shape index (κ1) is 25.4. The van der Waals surface area contributed by atoms with E-state index in [2.05, 4.69) is 5.32 Å². The Bertz CT molecular complexity index is 1210. The zero-order valence-electron chi connectivity index (χ0n) is 19.2. The van der Waals surface area contributed by atoms with Gasteiger partial charge < -0.3 is 14.8 Å². The number of nitrogens with one attached hydrogen (secondary N) is 1. The summed E-state index contributed by atoms with van der Waals surface area (Å²) in [7, 11) is -2.56. The molecule has 3 aromatic carbocycles. The maximum absolute atomic E-state index is 13.4. The molecule has 0 saturated heterocycles. The molecule has 0 spiro atoms. The van der Waals surface area contributed by atoms with E-state index in [4.69, 9.17) is 21.1 Å². The van der Waals surface area contributed by atoms with Gasteiger partial charge in [0.05, 0.1) is 23.7 Å². The van der Waals surface area contributed by atoms with Crippen LogP contribution in [-0.4, -0.2) is 40.6 Å². The van der Waals surface area contributed by atoms with E-state index in [1.165, 1.54) is 25.3 Å². The van der Waals surface area contributed by atoms with Crippen LogP contribution in [0.5, 0.6) is 11.5 Å². The minimum absolute atomic E-state index is 0.0248. The molecule has 1 atom stereocenters. The highest BCUT2D eigenvalue weighted by molar-refractivity contribution is 7.92. The summed E-state index contributed by atoms with van der Waals surface area (Å²) in [6.07, 6.45) is 0. The molecule has 0 aliphatic rings. The first-order valence-corrected chi connectivity index (χ1v) is 12.4. The van der Waals surface area contributed by atoms with Crippen molar-refractivity contribution in [1.82, 2.24) is 5.32 Å². The molecule has 1 unspecified atom stereocenters. The maximum atomic E-state index is 13.4. The van der Waals surface area contributed by atoms with Gasteiger partial charge in [-0.15, -0.1) is 0 Å². The monoisotopic (exact) mass is 502 g/mol. The number of methoxy groups -OCH3 is 1. The molecule has 0 aliphatic heterocycles. The van der Waals surface area contributed by atoms with Gasteiger partial charge in [0, 0.05) is 5.02 Å². The van der Waals surface area contributed by atoms with Gasteiger partial charge >= 0.3 is 0 Å². The summed E-state index contributed by atoms with van der Waals surface area (Å²) in [5, 5.41) is 3.15. The van der Waals surface area contributed by atoms with E-state index in [1.54, 1.807) is 37.3 Å². The number of benzene rings is 3. The Morgan fingerprint density at radius 1 is 1.03 bits per heavy atom. The van der Waals surface area contributed by atoms with Crippen molar-refractivity contribution in [2.45, 2.75) is 24.8 Å². The zero-order valence-corrected chi connectivity index (χ0v) is 20.8. The molecule has 0 saturated carbocycles. The van der Waals surface area contributed by atoms with Gasteiger partial charge in [-0.05, 0) is 68.4 Å². The van der Waals surface area contributed by atoms with Crippen LogP contribution in [0.1, 0.15) is 12.5 Å². The number of ether oxygens (including phenoxy) is 2. The van der Waals surface area contributed by atoms with E-state index in [0.29, 0.717) is 16.5 Å². The third-order valence-electron chi connectivity index (χ3n) is 4.96. The van der Waals surface area contributed by atoms with E-state index < -0.39 is 22.5 Å². The van der Waals surface area contributed by atoms with Gasteiger partial charge in [0.2, 0.25) is 5.91 Å². The number of sulfonamides is 1. The van der Waals surface area contributed by atoms with E-state index in [1.807, 2.05) is 31.2 Å². The first-order valence-electron chi connectivity index (χ1n) is 10.6. The Morgan fingerprint density at radius 2 is 1.68 bits per heavy atom. The summed E-state index contributed by atoms with van der Waals surface area (Å²) in [5.74, 6) is 0.736. The number of carbonyl (C=O) groups excluding carboxylic acids is 1.